The molecule has 1 aliphatic rings. The molecule has 1 heterocycles. The number of carboxylic acid groups (broad SMARTS) is 1. The maximum atomic E-state index is 11.5. The van der Waals surface area contributed by atoms with E-state index in [4.69, 9.17) is 9.84 Å². The fourth-order valence-corrected chi connectivity index (χ4v) is 3.28. The molecule has 24 heavy (non-hydrogen) atoms. The van der Waals surface area contributed by atoms with Gasteiger partial charge in [0.2, 0.25) is 5.91 Å². The lowest BCUT2D eigenvalue weighted by atomic mass is 9.87. The number of likely N-dealkylation sites (tertiary alicyclic amines) is 1. The second kappa shape index (κ2) is 8.26. The number of rotatable bonds is 7. The van der Waals surface area contributed by atoms with Crippen LogP contribution in [0.25, 0.3) is 0 Å². The van der Waals surface area contributed by atoms with Gasteiger partial charge in [-0.3, -0.25) is 9.69 Å². The predicted molar refractivity (Wildman–Crippen MR) is 91.0 cm³/mol. The van der Waals surface area contributed by atoms with E-state index in [1.165, 1.54) is 0 Å². The summed E-state index contributed by atoms with van der Waals surface area (Å²) in [7, 11) is 3.37. The van der Waals surface area contributed by atoms with E-state index in [-0.39, 0.29) is 11.5 Å². The Hall–Kier alpha value is -1.92. The molecule has 1 aliphatic heterocycles. The molecule has 1 amide bonds. The lowest BCUT2D eigenvalue weighted by Gasteiger charge is -2.42. The molecule has 1 fully saturated rings. The first kappa shape index (κ1) is 18.4. The van der Waals surface area contributed by atoms with Crippen molar-refractivity contribution in [3.05, 3.63) is 35.4 Å². The summed E-state index contributed by atoms with van der Waals surface area (Å²) in [4.78, 5) is 24.8. The van der Waals surface area contributed by atoms with Crippen molar-refractivity contribution in [3.8, 4) is 0 Å². The summed E-state index contributed by atoms with van der Waals surface area (Å²) in [6, 6.07) is 6.99. The van der Waals surface area contributed by atoms with Gasteiger partial charge in [-0.15, -0.1) is 0 Å². The second-order valence-electron chi connectivity index (χ2n) is 6.38. The summed E-state index contributed by atoms with van der Waals surface area (Å²) in [5.74, 6) is -0.875. The van der Waals surface area contributed by atoms with Gasteiger partial charge in [0.1, 0.15) is 0 Å². The molecule has 2 N–H and O–H groups in total. The largest absolute Gasteiger partial charge is 0.478 e. The van der Waals surface area contributed by atoms with E-state index in [1.54, 1.807) is 26.3 Å². The highest BCUT2D eigenvalue weighted by atomic mass is 16.5. The Morgan fingerprint density at radius 2 is 2.04 bits per heavy atom. The third-order valence-corrected chi connectivity index (χ3v) is 4.75. The van der Waals surface area contributed by atoms with Gasteiger partial charge in [-0.25, -0.2) is 4.79 Å². The molecule has 1 atom stereocenters. The molecule has 0 saturated carbocycles. The maximum Gasteiger partial charge on any atom is 0.335 e. The number of carbonyl (C=O) groups excluding carboxylic acids is 1. The minimum atomic E-state index is -0.910. The van der Waals surface area contributed by atoms with E-state index >= 15 is 0 Å². The number of aromatic carboxylic acids is 1. The smallest absolute Gasteiger partial charge is 0.335 e. The Bertz CT molecular complexity index is 573. The lowest BCUT2D eigenvalue weighted by Crippen LogP contribution is -2.49. The molecule has 0 unspecified atom stereocenters. The Morgan fingerprint density at radius 1 is 1.33 bits per heavy atom. The molecule has 1 aromatic rings. The van der Waals surface area contributed by atoms with Gasteiger partial charge >= 0.3 is 5.97 Å². The molecule has 0 radical (unpaired) electrons. The van der Waals surface area contributed by atoms with Crippen LogP contribution in [0.3, 0.4) is 0 Å². The van der Waals surface area contributed by atoms with Crippen LogP contribution in [0.5, 0.6) is 0 Å². The first-order valence-corrected chi connectivity index (χ1v) is 8.28. The molecular formula is C18H26N2O4. The Labute approximate surface area is 142 Å². The molecule has 2 rings (SSSR count). The molecule has 0 aromatic heterocycles. The van der Waals surface area contributed by atoms with Crippen molar-refractivity contribution in [1.29, 1.82) is 0 Å². The Morgan fingerprint density at radius 3 is 2.62 bits per heavy atom. The zero-order valence-corrected chi connectivity index (χ0v) is 14.4. The summed E-state index contributed by atoms with van der Waals surface area (Å²) in [6.07, 6.45) is 3.15. The summed E-state index contributed by atoms with van der Waals surface area (Å²) in [5.41, 5.74) is 1.10. The van der Waals surface area contributed by atoms with Gasteiger partial charge in [-0.05, 0) is 43.5 Å². The highest BCUT2D eigenvalue weighted by molar-refractivity contribution is 5.87. The van der Waals surface area contributed by atoms with Gasteiger partial charge in [-0.1, -0.05) is 12.1 Å². The first-order valence-electron chi connectivity index (χ1n) is 8.28. The minimum absolute atomic E-state index is 0.0350. The Balaban J connectivity index is 1.98. The average Bonchev–Trinajstić information content (AvgIpc) is 2.60. The van der Waals surface area contributed by atoms with E-state index in [0.717, 1.165) is 38.0 Å². The monoisotopic (exact) mass is 334 g/mol. The van der Waals surface area contributed by atoms with Gasteiger partial charge in [-0.2, -0.15) is 0 Å². The number of hydrogen-bond acceptors (Lipinski definition) is 4. The van der Waals surface area contributed by atoms with Crippen molar-refractivity contribution in [1.82, 2.24) is 10.2 Å². The fourth-order valence-electron chi connectivity index (χ4n) is 3.28. The zero-order chi connectivity index (χ0) is 17.6. The molecule has 0 bridgehead atoms. The fraction of sp³-hybridized carbons (Fsp3) is 0.556. The number of ether oxygens (including phenoxy) is 1. The molecule has 6 nitrogen and oxygen atoms in total. The van der Waals surface area contributed by atoms with Crippen molar-refractivity contribution in [2.45, 2.75) is 37.8 Å². The number of amides is 1. The van der Waals surface area contributed by atoms with Crippen LogP contribution < -0.4 is 5.32 Å². The highest BCUT2D eigenvalue weighted by Crippen LogP contribution is 2.30. The van der Waals surface area contributed by atoms with Gasteiger partial charge in [0.25, 0.3) is 0 Å². The normalized spacial score (nSPS) is 21.4. The zero-order valence-electron chi connectivity index (χ0n) is 14.4. The van der Waals surface area contributed by atoms with Crippen LogP contribution in [0.1, 0.15) is 41.6 Å². The summed E-state index contributed by atoms with van der Waals surface area (Å²) >= 11 is 0. The molecule has 0 spiro atoms. The topological polar surface area (TPSA) is 78.9 Å². The van der Waals surface area contributed by atoms with Gasteiger partial charge in [0, 0.05) is 33.7 Å². The van der Waals surface area contributed by atoms with Crippen molar-refractivity contribution < 1.29 is 19.4 Å². The van der Waals surface area contributed by atoms with Gasteiger partial charge in [0.15, 0.2) is 0 Å². The average molecular weight is 334 g/mol. The predicted octanol–water partition coefficient (Wildman–Crippen LogP) is 1.89. The molecule has 1 saturated heterocycles. The standard InChI is InChI=1S/C18H26N2O4/c1-19-16(21)8-10-18(24-2)9-3-11-20(13-18)12-14-4-6-15(7-5-14)17(22)23/h4-7H,3,8-13H2,1-2H3,(H,19,21)(H,22,23)/t18-/m1/s1. The number of nitrogens with zero attached hydrogens (tertiary/aromatic N) is 1. The van der Waals surface area contributed by atoms with Crippen LogP contribution in [-0.2, 0) is 16.1 Å². The third kappa shape index (κ3) is 4.79. The van der Waals surface area contributed by atoms with Crippen LogP contribution >= 0.6 is 0 Å². The number of piperidine rings is 1. The summed E-state index contributed by atoms with van der Waals surface area (Å²) in [6.45, 7) is 2.51. The number of carbonyl (C=O) groups is 2. The van der Waals surface area contributed by atoms with Crippen molar-refractivity contribution in [2.75, 3.05) is 27.2 Å². The van der Waals surface area contributed by atoms with Gasteiger partial charge < -0.3 is 15.2 Å². The highest BCUT2D eigenvalue weighted by Gasteiger charge is 2.35. The molecule has 132 valence electrons. The number of benzene rings is 1. The molecule has 0 aliphatic carbocycles. The second-order valence-corrected chi connectivity index (χ2v) is 6.38. The Kier molecular flexibility index (Phi) is 6.34. The van der Waals surface area contributed by atoms with Crippen molar-refractivity contribution >= 4 is 11.9 Å². The SMILES string of the molecule is CNC(=O)CC[C@]1(OC)CCCN(Cc2ccc(C(=O)O)cc2)C1. The van der Waals surface area contributed by atoms with Crippen LogP contribution in [-0.4, -0.2) is 54.7 Å². The molecule has 1 aromatic carbocycles. The third-order valence-electron chi connectivity index (χ3n) is 4.75. The summed E-state index contributed by atoms with van der Waals surface area (Å²) in [5, 5.41) is 11.6. The van der Waals surface area contributed by atoms with Crippen molar-refractivity contribution in [2.24, 2.45) is 0 Å². The van der Waals surface area contributed by atoms with Crippen LogP contribution in [0.15, 0.2) is 24.3 Å². The van der Waals surface area contributed by atoms with Crippen LogP contribution in [0, 0.1) is 0 Å². The summed E-state index contributed by atoms with van der Waals surface area (Å²) < 4.78 is 5.79. The molecule has 6 heteroatoms. The van der Waals surface area contributed by atoms with E-state index in [0.29, 0.717) is 18.4 Å². The molecular weight excluding hydrogens is 308 g/mol. The number of carboxylic acids is 1. The van der Waals surface area contributed by atoms with Crippen molar-refractivity contribution in [3.63, 3.8) is 0 Å². The maximum absolute atomic E-state index is 11.5. The number of hydrogen-bond donors (Lipinski definition) is 2. The number of nitrogens with one attached hydrogen (secondary N) is 1. The van der Waals surface area contributed by atoms with Gasteiger partial charge in [0.05, 0.1) is 11.2 Å². The quantitative estimate of drug-likeness (QED) is 0.796. The van der Waals surface area contributed by atoms with Crippen LogP contribution in [0.2, 0.25) is 0 Å². The van der Waals surface area contributed by atoms with E-state index in [1.807, 2.05) is 12.1 Å². The van der Waals surface area contributed by atoms with E-state index in [9.17, 15) is 9.59 Å². The van der Waals surface area contributed by atoms with Crippen LogP contribution in [0.4, 0.5) is 0 Å². The van der Waals surface area contributed by atoms with E-state index < -0.39 is 5.97 Å². The lowest BCUT2D eigenvalue weighted by molar-refractivity contribution is -0.124. The van der Waals surface area contributed by atoms with E-state index in [2.05, 4.69) is 10.2 Å². The first-order chi connectivity index (χ1) is 11.5. The minimum Gasteiger partial charge on any atom is -0.478 e. The number of methoxy groups -OCH3 is 1.